The second-order valence-electron chi connectivity index (χ2n) is 7.64. The Morgan fingerprint density at radius 2 is 1.76 bits per heavy atom. The highest BCUT2D eigenvalue weighted by atomic mass is 19.1. The maximum atomic E-state index is 14.9. The lowest BCUT2D eigenvalue weighted by atomic mass is 9.84. The number of aliphatic hydroxyl groups is 1. The number of Topliss-reactive ketones (excluding diaryl/α,β-unsaturated/α-hetero) is 1. The van der Waals surface area contributed by atoms with Crippen LogP contribution in [0.15, 0.2) is 54.6 Å². The number of piperidine rings is 1. The van der Waals surface area contributed by atoms with Crippen LogP contribution in [0.25, 0.3) is 0 Å². The van der Waals surface area contributed by atoms with Gasteiger partial charge in [0.25, 0.3) is 6.04 Å². The summed E-state index contributed by atoms with van der Waals surface area (Å²) < 4.78 is 14.9. The summed E-state index contributed by atoms with van der Waals surface area (Å²) in [6.07, 6.45) is -1.48. The fourth-order valence-electron chi connectivity index (χ4n) is 3.74. The van der Waals surface area contributed by atoms with Crippen molar-refractivity contribution in [1.29, 1.82) is 0 Å². The van der Waals surface area contributed by atoms with Crippen LogP contribution < -0.4 is 0 Å². The van der Waals surface area contributed by atoms with Crippen LogP contribution in [0.4, 0.5) is 4.39 Å². The summed E-state index contributed by atoms with van der Waals surface area (Å²) >= 11 is 0. The van der Waals surface area contributed by atoms with Crippen LogP contribution in [0.3, 0.4) is 0 Å². The molecule has 1 N–H and O–H groups in total. The molecule has 2 aromatic carbocycles. The highest BCUT2D eigenvalue weighted by molar-refractivity contribution is 5.99. The molecule has 0 saturated carbocycles. The zero-order valence-electron chi connectivity index (χ0n) is 16.3. The van der Waals surface area contributed by atoms with Crippen molar-refractivity contribution in [2.45, 2.75) is 44.1 Å². The van der Waals surface area contributed by atoms with Gasteiger partial charge in [-0.15, -0.1) is 0 Å². The van der Waals surface area contributed by atoms with Crippen LogP contribution in [-0.4, -0.2) is 46.1 Å². The molecule has 0 aliphatic carbocycles. The summed E-state index contributed by atoms with van der Waals surface area (Å²) in [6, 6.07) is 13.9. The first-order valence-electron chi connectivity index (χ1n) is 9.70. The van der Waals surface area contributed by atoms with Crippen LogP contribution >= 0.6 is 0 Å². The Bertz CT molecular complexity index is 849. The molecule has 154 valence electrons. The van der Waals surface area contributed by atoms with Gasteiger partial charge in [0.15, 0.2) is 6.30 Å². The third kappa shape index (κ3) is 4.86. The molecule has 7 heteroatoms. The number of benzene rings is 2. The molecule has 6 nitrogen and oxygen atoms in total. The zero-order valence-corrected chi connectivity index (χ0v) is 16.3. The second kappa shape index (κ2) is 8.80. The Morgan fingerprint density at radius 1 is 1.17 bits per heavy atom. The Morgan fingerprint density at radius 3 is 2.31 bits per heavy atom. The molecule has 1 fully saturated rings. The first-order chi connectivity index (χ1) is 13.8. The van der Waals surface area contributed by atoms with Crippen molar-refractivity contribution >= 4 is 5.78 Å². The molecule has 0 aromatic heterocycles. The van der Waals surface area contributed by atoms with E-state index in [-0.39, 0.29) is 18.7 Å². The van der Waals surface area contributed by atoms with Gasteiger partial charge in [-0.1, -0.05) is 60.2 Å². The number of hydrogen-bond donors (Lipinski definition) is 1. The van der Waals surface area contributed by atoms with Gasteiger partial charge in [-0.3, -0.25) is 19.8 Å². The number of nitro groups is 1. The van der Waals surface area contributed by atoms with Crippen LogP contribution in [0.5, 0.6) is 0 Å². The smallest absolute Gasteiger partial charge is 0.278 e. The van der Waals surface area contributed by atoms with Crippen LogP contribution in [0.2, 0.25) is 0 Å². The zero-order chi connectivity index (χ0) is 21.0. The number of nitrogens with zero attached hydrogens (tertiary/aromatic N) is 2. The molecule has 1 aliphatic heterocycles. The van der Waals surface area contributed by atoms with Gasteiger partial charge in [-0.2, -0.15) is 0 Å². The number of likely N-dealkylation sites (tertiary alicyclic amines) is 1. The van der Waals surface area contributed by atoms with Crippen LogP contribution in [0.1, 0.15) is 40.7 Å². The molecule has 2 atom stereocenters. The van der Waals surface area contributed by atoms with Gasteiger partial charge in [0.2, 0.25) is 5.78 Å². The third-order valence-corrected chi connectivity index (χ3v) is 5.64. The Balaban J connectivity index is 1.63. The van der Waals surface area contributed by atoms with Crippen molar-refractivity contribution in [2.75, 3.05) is 13.1 Å². The number of carbonyl (C=O) groups excluding carboxylic acids is 1. The summed E-state index contributed by atoms with van der Waals surface area (Å²) in [6.45, 7) is 2.48. The number of halogens is 1. The molecule has 0 bridgehead atoms. The minimum Gasteiger partial charge on any atom is -0.385 e. The van der Waals surface area contributed by atoms with Gasteiger partial charge in [0, 0.05) is 23.6 Å². The van der Waals surface area contributed by atoms with E-state index in [9.17, 15) is 24.4 Å². The maximum absolute atomic E-state index is 14.9. The number of alkyl halides is 1. The van der Waals surface area contributed by atoms with Crippen molar-refractivity contribution in [1.82, 2.24) is 4.90 Å². The molecule has 0 radical (unpaired) electrons. The summed E-state index contributed by atoms with van der Waals surface area (Å²) in [7, 11) is 0. The predicted molar refractivity (Wildman–Crippen MR) is 107 cm³/mol. The van der Waals surface area contributed by atoms with Crippen molar-refractivity contribution in [3.8, 4) is 0 Å². The molecule has 2 aromatic rings. The fourth-order valence-corrected chi connectivity index (χ4v) is 3.74. The largest absolute Gasteiger partial charge is 0.385 e. The van der Waals surface area contributed by atoms with Gasteiger partial charge in [0.05, 0.1) is 12.0 Å². The minimum absolute atomic E-state index is 0.203. The van der Waals surface area contributed by atoms with E-state index in [4.69, 9.17) is 0 Å². The van der Waals surface area contributed by atoms with Crippen molar-refractivity contribution in [3.05, 3.63) is 81.4 Å². The summed E-state index contributed by atoms with van der Waals surface area (Å²) in [5.41, 5.74) is 1.05. The van der Waals surface area contributed by atoms with E-state index >= 15 is 0 Å². The molecule has 1 aliphatic rings. The quantitative estimate of drug-likeness (QED) is 0.333. The van der Waals surface area contributed by atoms with E-state index in [2.05, 4.69) is 0 Å². The van der Waals surface area contributed by atoms with Crippen molar-refractivity contribution in [3.63, 3.8) is 0 Å². The Labute approximate surface area is 169 Å². The van der Waals surface area contributed by atoms with E-state index in [1.165, 1.54) is 17.0 Å². The number of rotatable bonds is 7. The lowest BCUT2D eigenvalue weighted by Gasteiger charge is -2.39. The molecule has 1 heterocycles. The van der Waals surface area contributed by atoms with Gasteiger partial charge < -0.3 is 5.11 Å². The van der Waals surface area contributed by atoms with E-state index in [1.807, 2.05) is 31.2 Å². The molecular weight excluding hydrogens is 375 g/mol. The summed E-state index contributed by atoms with van der Waals surface area (Å²) in [5.74, 6) is -0.689. The summed E-state index contributed by atoms with van der Waals surface area (Å²) in [4.78, 5) is 24.6. The highest BCUT2D eigenvalue weighted by Crippen LogP contribution is 2.34. The summed E-state index contributed by atoms with van der Waals surface area (Å²) in [5, 5.41) is 22.3. The van der Waals surface area contributed by atoms with E-state index in [1.54, 1.807) is 18.2 Å². The first-order valence-corrected chi connectivity index (χ1v) is 9.70. The van der Waals surface area contributed by atoms with Crippen LogP contribution in [0, 0.1) is 17.0 Å². The van der Waals surface area contributed by atoms with E-state index < -0.39 is 35.1 Å². The molecule has 29 heavy (non-hydrogen) atoms. The van der Waals surface area contributed by atoms with Crippen molar-refractivity contribution < 1.29 is 19.2 Å². The highest BCUT2D eigenvalue weighted by Gasteiger charge is 2.40. The van der Waals surface area contributed by atoms with E-state index in [0.29, 0.717) is 12.8 Å². The molecule has 3 rings (SSSR count). The first kappa shape index (κ1) is 21.1. The molecule has 1 saturated heterocycles. The Kier molecular flexibility index (Phi) is 6.39. The van der Waals surface area contributed by atoms with Gasteiger partial charge >= 0.3 is 0 Å². The third-order valence-electron chi connectivity index (χ3n) is 5.64. The minimum atomic E-state index is -1.63. The molecular formula is C22H25FN2O4. The predicted octanol–water partition coefficient (Wildman–Crippen LogP) is 3.49. The standard InChI is InChI=1S/C22H25FN2O4/c1-16-7-9-18(10-8-16)22(27)11-13-24(14-12-22)20(23)15-19(25(28)29)21(26)17-5-3-2-4-6-17/h2-10,19-20,27H,11-15H2,1H3. The lowest BCUT2D eigenvalue weighted by molar-refractivity contribution is -0.508. The normalized spacial score (nSPS) is 18.7. The number of ketones is 1. The van der Waals surface area contributed by atoms with Crippen LogP contribution in [-0.2, 0) is 5.60 Å². The van der Waals surface area contributed by atoms with Gasteiger partial charge in [0.1, 0.15) is 0 Å². The number of aryl methyl sites for hydroxylation is 1. The lowest BCUT2D eigenvalue weighted by Crippen LogP contribution is -2.47. The number of carbonyl (C=O) groups is 1. The molecule has 2 unspecified atom stereocenters. The maximum Gasteiger partial charge on any atom is 0.278 e. The average molecular weight is 400 g/mol. The Hall–Kier alpha value is -2.64. The average Bonchev–Trinajstić information content (AvgIpc) is 2.72. The van der Waals surface area contributed by atoms with E-state index in [0.717, 1.165) is 11.1 Å². The number of hydrogen-bond acceptors (Lipinski definition) is 5. The molecule has 0 spiro atoms. The SMILES string of the molecule is Cc1ccc(C2(O)CCN(C(F)CC(C(=O)c3ccccc3)[N+](=O)[O-])CC2)cc1. The second-order valence-corrected chi connectivity index (χ2v) is 7.64. The monoisotopic (exact) mass is 400 g/mol. The van der Waals surface area contributed by atoms with Gasteiger partial charge in [-0.05, 0) is 25.3 Å². The topological polar surface area (TPSA) is 83.7 Å². The molecule has 0 amide bonds. The van der Waals surface area contributed by atoms with Gasteiger partial charge in [-0.25, -0.2) is 4.39 Å². The fraction of sp³-hybridized carbons (Fsp3) is 0.409. The van der Waals surface area contributed by atoms with Crippen molar-refractivity contribution in [2.24, 2.45) is 0 Å².